The second-order valence-corrected chi connectivity index (χ2v) is 5.00. The molecular weight excluding hydrogens is 348 g/mol. The van der Waals surface area contributed by atoms with Crippen LogP contribution in [0.5, 0.6) is 11.5 Å². The number of alkyl halides is 2. The molecule has 0 saturated heterocycles. The van der Waals surface area contributed by atoms with Gasteiger partial charge in [-0.3, -0.25) is 4.79 Å². The van der Waals surface area contributed by atoms with E-state index in [0.717, 1.165) is 0 Å². The van der Waals surface area contributed by atoms with Crippen LogP contribution in [0.25, 0.3) is 0 Å². The fourth-order valence-electron chi connectivity index (χ4n) is 2.12. The first-order valence-corrected chi connectivity index (χ1v) is 7.66. The second-order valence-electron chi connectivity index (χ2n) is 5.00. The summed E-state index contributed by atoms with van der Waals surface area (Å²) in [7, 11) is 1.27. The van der Waals surface area contributed by atoms with Gasteiger partial charge in [-0.1, -0.05) is 0 Å². The number of benzene rings is 2. The predicted molar refractivity (Wildman–Crippen MR) is 90.0 cm³/mol. The van der Waals surface area contributed by atoms with E-state index in [1.54, 1.807) is 19.1 Å². The van der Waals surface area contributed by atoms with Gasteiger partial charge in [0.1, 0.15) is 0 Å². The van der Waals surface area contributed by atoms with Crippen LogP contribution in [-0.4, -0.2) is 32.2 Å². The highest BCUT2D eigenvalue weighted by Crippen LogP contribution is 2.30. The molecular formula is C18H17F2NO5. The van der Waals surface area contributed by atoms with Crippen molar-refractivity contribution in [2.75, 3.05) is 19.0 Å². The minimum Gasteiger partial charge on any atom is -0.490 e. The zero-order valence-corrected chi connectivity index (χ0v) is 14.1. The third-order valence-corrected chi connectivity index (χ3v) is 3.29. The molecule has 0 fully saturated rings. The molecule has 0 aliphatic carbocycles. The van der Waals surface area contributed by atoms with E-state index in [4.69, 9.17) is 4.74 Å². The highest BCUT2D eigenvalue weighted by molar-refractivity contribution is 6.04. The molecule has 0 radical (unpaired) electrons. The molecule has 0 aromatic heterocycles. The number of methoxy groups -OCH3 is 1. The smallest absolute Gasteiger partial charge is 0.387 e. The Morgan fingerprint density at radius 2 is 1.69 bits per heavy atom. The maximum Gasteiger partial charge on any atom is 0.387 e. The van der Waals surface area contributed by atoms with Gasteiger partial charge in [0.15, 0.2) is 11.5 Å². The van der Waals surface area contributed by atoms with E-state index >= 15 is 0 Å². The number of carbonyl (C=O) groups excluding carboxylic acids is 2. The van der Waals surface area contributed by atoms with Gasteiger partial charge in [0.05, 0.1) is 19.3 Å². The first kappa shape index (κ1) is 19.2. The maximum atomic E-state index is 12.4. The van der Waals surface area contributed by atoms with Gasteiger partial charge < -0.3 is 19.5 Å². The Kier molecular flexibility index (Phi) is 6.48. The molecule has 0 saturated carbocycles. The summed E-state index contributed by atoms with van der Waals surface area (Å²) in [5.41, 5.74) is 0.998. The van der Waals surface area contributed by atoms with Crippen molar-refractivity contribution in [1.82, 2.24) is 0 Å². The van der Waals surface area contributed by atoms with Crippen LogP contribution < -0.4 is 14.8 Å². The van der Waals surface area contributed by atoms with Crippen molar-refractivity contribution in [2.45, 2.75) is 13.5 Å². The van der Waals surface area contributed by atoms with Gasteiger partial charge in [-0.05, 0) is 49.4 Å². The van der Waals surface area contributed by atoms with Crippen LogP contribution in [-0.2, 0) is 4.74 Å². The molecule has 138 valence electrons. The third kappa shape index (κ3) is 4.92. The van der Waals surface area contributed by atoms with Gasteiger partial charge in [0.2, 0.25) is 0 Å². The van der Waals surface area contributed by atoms with Crippen LogP contribution in [0.4, 0.5) is 14.5 Å². The lowest BCUT2D eigenvalue weighted by atomic mass is 10.1. The molecule has 0 aliphatic rings. The SMILES string of the molecule is CCOc1cc(C(=O)Nc2ccc(C(=O)OC)cc2)ccc1OC(F)F. The van der Waals surface area contributed by atoms with Gasteiger partial charge in [-0.2, -0.15) is 8.78 Å². The topological polar surface area (TPSA) is 73.9 Å². The average molecular weight is 365 g/mol. The Morgan fingerprint density at radius 3 is 2.27 bits per heavy atom. The van der Waals surface area contributed by atoms with Crippen molar-refractivity contribution in [1.29, 1.82) is 0 Å². The van der Waals surface area contributed by atoms with Gasteiger partial charge in [-0.15, -0.1) is 0 Å². The molecule has 26 heavy (non-hydrogen) atoms. The summed E-state index contributed by atoms with van der Waals surface area (Å²) in [6.07, 6.45) is 0. The molecule has 2 rings (SSSR count). The summed E-state index contributed by atoms with van der Waals surface area (Å²) in [6, 6.07) is 10.0. The number of hydrogen-bond donors (Lipinski definition) is 1. The number of amides is 1. The van der Waals surface area contributed by atoms with Crippen LogP contribution in [0, 0.1) is 0 Å². The summed E-state index contributed by atoms with van der Waals surface area (Å²) in [6.45, 7) is -1.09. The first-order chi connectivity index (χ1) is 12.4. The van der Waals surface area contributed by atoms with Crippen molar-refractivity contribution in [3.63, 3.8) is 0 Å². The molecule has 0 heterocycles. The van der Waals surface area contributed by atoms with Crippen molar-refractivity contribution in [3.8, 4) is 11.5 Å². The molecule has 1 N–H and O–H groups in total. The zero-order chi connectivity index (χ0) is 19.1. The van der Waals surface area contributed by atoms with Crippen molar-refractivity contribution >= 4 is 17.6 Å². The van der Waals surface area contributed by atoms with Crippen molar-refractivity contribution < 1.29 is 32.6 Å². The minimum absolute atomic E-state index is 0.0430. The fourth-order valence-corrected chi connectivity index (χ4v) is 2.12. The summed E-state index contributed by atoms with van der Waals surface area (Å²) in [4.78, 5) is 23.7. The van der Waals surface area contributed by atoms with Crippen LogP contribution in [0.3, 0.4) is 0 Å². The molecule has 0 spiro atoms. The van der Waals surface area contributed by atoms with Crippen LogP contribution in [0.1, 0.15) is 27.6 Å². The van der Waals surface area contributed by atoms with Gasteiger partial charge in [-0.25, -0.2) is 4.79 Å². The summed E-state index contributed by atoms with van der Waals surface area (Å²) in [5.74, 6) is -1.07. The van der Waals surface area contributed by atoms with Crippen LogP contribution in [0.2, 0.25) is 0 Å². The van der Waals surface area contributed by atoms with Crippen LogP contribution >= 0.6 is 0 Å². The molecule has 0 unspecified atom stereocenters. The van der Waals surface area contributed by atoms with E-state index in [2.05, 4.69) is 14.8 Å². The van der Waals surface area contributed by atoms with E-state index in [9.17, 15) is 18.4 Å². The van der Waals surface area contributed by atoms with Crippen molar-refractivity contribution in [3.05, 3.63) is 53.6 Å². The Hall–Kier alpha value is -3.16. The minimum atomic E-state index is -3.00. The molecule has 6 nitrogen and oxygen atoms in total. The third-order valence-electron chi connectivity index (χ3n) is 3.29. The maximum absolute atomic E-state index is 12.4. The number of rotatable bonds is 7. The Morgan fingerprint density at radius 1 is 1.04 bits per heavy atom. The number of hydrogen-bond acceptors (Lipinski definition) is 5. The number of ether oxygens (including phenoxy) is 3. The number of nitrogens with one attached hydrogen (secondary N) is 1. The Balaban J connectivity index is 2.15. The first-order valence-electron chi connectivity index (χ1n) is 7.66. The second kappa shape index (κ2) is 8.80. The number of halogens is 2. The zero-order valence-electron chi connectivity index (χ0n) is 14.1. The number of esters is 1. The lowest BCUT2D eigenvalue weighted by molar-refractivity contribution is -0.0514. The van der Waals surface area contributed by atoms with Gasteiger partial charge in [0.25, 0.3) is 5.91 Å². The average Bonchev–Trinajstić information content (AvgIpc) is 2.63. The quantitative estimate of drug-likeness (QED) is 0.757. The molecule has 0 bridgehead atoms. The highest BCUT2D eigenvalue weighted by Gasteiger charge is 2.15. The standard InChI is InChI=1S/C18H17F2NO5/c1-3-25-15-10-12(6-9-14(15)26-18(19)20)16(22)21-13-7-4-11(5-8-13)17(23)24-2/h4-10,18H,3H2,1-2H3,(H,21,22). The number of carbonyl (C=O) groups is 2. The van der Waals surface area contributed by atoms with E-state index in [1.165, 1.54) is 37.4 Å². The normalized spacial score (nSPS) is 10.3. The molecule has 2 aromatic carbocycles. The highest BCUT2D eigenvalue weighted by atomic mass is 19.3. The monoisotopic (exact) mass is 365 g/mol. The largest absolute Gasteiger partial charge is 0.490 e. The van der Waals surface area contributed by atoms with Gasteiger partial charge >= 0.3 is 12.6 Å². The fraction of sp³-hybridized carbons (Fsp3) is 0.222. The number of anilines is 1. The van der Waals surface area contributed by atoms with E-state index in [0.29, 0.717) is 11.3 Å². The summed E-state index contributed by atoms with van der Waals surface area (Å²) >= 11 is 0. The summed E-state index contributed by atoms with van der Waals surface area (Å²) < 4.78 is 39.0. The van der Waals surface area contributed by atoms with E-state index < -0.39 is 18.5 Å². The predicted octanol–water partition coefficient (Wildman–Crippen LogP) is 3.73. The molecule has 1 amide bonds. The van der Waals surface area contributed by atoms with E-state index in [-0.39, 0.29) is 23.7 Å². The lowest BCUT2D eigenvalue weighted by Gasteiger charge is -2.13. The van der Waals surface area contributed by atoms with Crippen LogP contribution in [0.15, 0.2) is 42.5 Å². The lowest BCUT2D eigenvalue weighted by Crippen LogP contribution is -2.13. The molecule has 8 heteroatoms. The molecule has 0 atom stereocenters. The molecule has 0 aliphatic heterocycles. The van der Waals surface area contributed by atoms with Gasteiger partial charge in [0, 0.05) is 11.3 Å². The van der Waals surface area contributed by atoms with Crippen molar-refractivity contribution in [2.24, 2.45) is 0 Å². The Bertz CT molecular complexity index is 778. The molecule has 2 aromatic rings. The summed E-state index contributed by atoms with van der Waals surface area (Å²) in [5, 5.41) is 2.64. The Labute approximate surface area is 148 Å². The van der Waals surface area contributed by atoms with E-state index in [1.807, 2.05) is 0 Å².